The molecule has 0 fully saturated rings. The molecule has 0 aromatic heterocycles. The van der Waals surface area contributed by atoms with E-state index in [9.17, 15) is 0 Å². The summed E-state index contributed by atoms with van der Waals surface area (Å²) in [6, 6.07) is 29.2. The average molecular weight is 493 g/mol. The maximum absolute atomic E-state index is 2.46. The third-order valence-electron chi connectivity index (χ3n) is 7.87. The Morgan fingerprint density at radius 1 is 0.528 bits per heavy atom. The number of allylic oxidation sites excluding steroid dienone is 4. The number of hydrogen-bond donors (Lipinski definition) is 0. The monoisotopic (exact) mass is 492 g/mol. The Hall–Kier alpha value is -2.64. The first-order valence-corrected chi connectivity index (χ1v) is 16.4. The summed E-state index contributed by atoms with van der Waals surface area (Å²) in [4.78, 5) is 0. The van der Waals surface area contributed by atoms with Gasteiger partial charge in [-0.3, -0.25) is 0 Å². The van der Waals surface area contributed by atoms with Crippen LogP contribution in [0.4, 0.5) is 0 Å². The number of aryl methyl sites for hydroxylation is 3. The highest BCUT2D eigenvalue weighted by molar-refractivity contribution is 7.16. The molecule has 36 heavy (non-hydrogen) atoms. The van der Waals surface area contributed by atoms with E-state index in [-0.39, 0.29) is 0 Å². The fourth-order valence-corrected chi connectivity index (χ4v) is 10.6. The van der Waals surface area contributed by atoms with Crippen LogP contribution in [0.15, 0.2) is 96.2 Å². The first kappa shape index (κ1) is 26.4. The molecule has 3 aromatic carbocycles. The van der Waals surface area contributed by atoms with E-state index in [0.717, 1.165) is 6.42 Å². The van der Waals surface area contributed by atoms with E-state index in [2.05, 4.69) is 112 Å². The largest absolute Gasteiger partial charge is 0.175 e. The molecule has 4 rings (SSSR count). The van der Waals surface area contributed by atoms with Crippen LogP contribution in [-0.2, 0) is 19.3 Å². The topological polar surface area (TPSA) is 0 Å². The second-order valence-corrected chi connectivity index (χ2v) is 14.3. The van der Waals surface area contributed by atoms with Crippen LogP contribution in [0.1, 0.15) is 82.4 Å². The summed E-state index contributed by atoms with van der Waals surface area (Å²) in [7, 11) is -2.35. The molecule has 0 saturated carbocycles. The summed E-state index contributed by atoms with van der Waals surface area (Å²) in [5, 5.41) is 6.15. The molecule has 0 radical (unpaired) electrons. The van der Waals surface area contributed by atoms with Gasteiger partial charge in [0, 0.05) is 0 Å². The van der Waals surface area contributed by atoms with Crippen LogP contribution in [0.3, 0.4) is 0 Å². The predicted molar refractivity (Wildman–Crippen MR) is 162 cm³/mol. The van der Waals surface area contributed by atoms with Crippen molar-refractivity contribution in [3.8, 4) is 0 Å². The van der Waals surface area contributed by atoms with Crippen LogP contribution in [-0.4, -0.2) is 8.07 Å². The smallest absolute Gasteiger partial charge is 0.0808 e. The maximum atomic E-state index is 2.46. The van der Waals surface area contributed by atoms with Crippen LogP contribution >= 0.6 is 0 Å². The highest BCUT2D eigenvalue weighted by atomic mass is 28.3. The number of unbranched alkanes of at least 4 members (excludes halogenated alkanes) is 3. The second kappa shape index (κ2) is 13.1. The van der Waals surface area contributed by atoms with Crippen molar-refractivity contribution in [3.05, 3.63) is 113 Å². The van der Waals surface area contributed by atoms with E-state index < -0.39 is 8.07 Å². The summed E-state index contributed by atoms with van der Waals surface area (Å²) in [6.07, 6.45) is 19.1. The van der Waals surface area contributed by atoms with Gasteiger partial charge in [-0.25, -0.2) is 0 Å². The lowest BCUT2D eigenvalue weighted by Crippen LogP contribution is -2.68. The lowest BCUT2D eigenvalue weighted by molar-refractivity contribution is 0.795. The first-order valence-electron chi connectivity index (χ1n) is 14.4. The molecule has 0 spiro atoms. The number of benzene rings is 3. The molecule has 0 nitrogen and oxygen atoms in total. The summed E-state index contributed by atoms with van der Waals surface area (Å²) in [6.45, 7) is 6.83. The fourth-order valence-electron chi connectivity index (χ4n) is 5.69. The molecule has 188 valence electrons. The quantitative estimate of drug-likeness (QED) is 0.170. The zero-order chi connectivity index (χ0) is 25.2. The highest BCUT2D eigenvalue weighted by Gasteiger charge is 2.43. The molecule has 0 unspecified atom stereocenters. The van der Waals surface area contributed by atoms with Crippen molar-refractivity contribution < 1.29 is 0 Å². The van der Waals surface area contributed by atoms with Gasteiger partial charge < -0.3 is 0 Å². The van der Waals surface area contributed by atoms with Crippen molar-refractivity contribution in [2.24, 2.45) is 0 Å². The zero-order valence-electron chi connectivity index (χ0n) is 22.7. The minimum atomic E-state index is -2.35. The van der Waals surface area contributed by atoms with E-state index in [0.29, 0.717) is 0 Å². The minimum Gasteiger partial charge on any atom is -0.0808 e. The highest BCUT2D eigenvalue weighted by Crippen LogP contribution is 2.25. The molecule has 1 aliphatic rings. The third kappa shape index (κ3) is 5.84. The van der Waals surface area contributed by atoms with Crippen molar-refractivity contribution in [2.75, 3.05) is 0 Å². The van der Waals surface area contributed by atoms with Crippen LogP contribution in [0, 0.1) is 0 Å². The standard InChI is InChI=1S/C35H44Si/c1-4-7-12-29-17-23-33(24-18-29)36(32-15-10-11-16-32,34-25-19-30(20-26-34)13-8-5-2)35-27-21-31(22-28-35)14-9-6-3/h10-11,15,17-28H,4-9,12-14,16H2,1-3H3. The van der Waals surface area contributed by atoms with Crippen molar-refractivity contribution >= 4 is 23.6 Å². The summed E-state index contributed by atoms with van der Waals surface area (Å²) in [5.41, 5.74) is 4.39. The molecule has 0 heterocycles. The van der Waals surface area contributed by atoms with E-state index in [1.54, 1.807) is 5.20 Å². The fraction of sp³-hybridized carbons (Fsp3) is 0.371. The summed E-state index contributed by atoms with van der Waals surface area (Å²) in [5.74, 6) is 0. The van der Waals surface area contributed by atoms with Gasteiger partial charge in [0.25, 0.3) is 0 Å². The Balaban J connectivity index is 1.85. The predicted octanol–water partition coefficient (Wildman–Crippen LogP) is 7.61. The van der Waals surface area contributed by atoms with Gasteiger partial charge in [-0.05, 0) is 77.2 Å². The van der Waals surface area contributed by atoms with E-state index >= 15 is 0 Å². The van der Waals surface area contributed by atoms with E-state index in [1.165, 1.54) is 90.0 Å². The number of hydrogen-bond acceptors (Lipinski definition) is 0. The van der Waals surface area contributed by atoms with Crippen LogP contribution in [0.25, 0.3) is 0 Å². The molecule has 0 atom stereocenters. The number of rotatable bonds is 13. The van der Waals surface area contributed by atoms with Crippen molar-refractivity contribution in [1.29, 1.82) is 0 Å². The lowest BCUT2D eigenvalue weighted by Gasteiger charge is -2.36. The maximum Gasteiger partial charge on any atom is 0.175 e. The van der Waals surface area contributed by atoms with Gasteiger partial charge in [-0.15, -0.1) is 0 Å². The Bertz CT molecular complexity index is 1010. The lowest BCUT2D eigenvalue weighted by atomic mass is 10.1. The molecular weight excluding hydrogens is 448 g/mol. The Morgan fingerprint density at radius 3 is 1.17 bits per heavy atom. The van der Waals surface area contributed by atoms with Crippen LogP contribution in [0.2, 0.25) is 0 Å². The van der Waals surface area contributed by atoms with Gasteiger partial charge in [0.05, 0.1) is 0 Å². The second-order valence-electron chi connectivity index (χ2n) is 10.5. The molecule has 1 heteroatoms. The van der Waals surface area contributed by atoms with Crippen molar-refractivity contribution in [2.45, 2.75) is 85.0 Å². The SMILES string of the molecule is CCCCc1ccc([Si](C2=CC=CC2)(c2ccc(CCCC)cc2)c2ccc(CCCC)cc2)cc1. The molecule has 0 amide bonds. The Kier molecular flexibility index (Phi) is 9.58. The van der Waals surface area contributed by atoms with Gasteiger partial charge >= 0.3 is 0 Å². The normalized spacial score (nSPS) is 13.2. The third-order valence-corrected chi connectivity index (χ3v) is 12.8. The molecule has 1 aliphatic carbocycles. The van der Waals surface area contributed by atoms with Crippen LogP contribution in [0.5, 0.6) is 0 Å². The van der Waals surface area contributed by atoms with E-state index in [4.69, 9.17) is 0 Å². The molecule has 0 N–H and O–H groups in total. The van der Waals surface area contributed by atoms with Crippen LogP contribution < -0.4 is 15.6 Å². The van der Waals surface area contributed by atoms with E-state index in [1.807, 2.05) is 0 Å². The van der Waals surface area contributed by atoms with Gasteiger partial charge in [0.1, 0.15) is 0 Å². The van der Waals surface area contributed by atoms with Crippen molar-refractivity contribution in [1.82, 2.24) is 0 Å². The summed E-state index contributed by atoms with van der Waals surface area (Å²) >= 11 is 0. The molecule has 0 aliphatic heterocycles. The Labute approximate surface area is 221 Å². The average Bonchev–Trinajstić information content (AvgIpc) is 3.47. The molecule has 0 bridgehead atoms. The first-order chi connectivity index (χ1) is 17.7. The molecular formula is C35H44Si. The van der Waals surface area contributed by atoms with Gasteiger partial charge in [0.15, 0.2) is 8.07 Å². The van der Waals surface area contributed by atoms with Crippen molar-refractivity contribution in [3.63, 3.8) is 0 Å². The minimum absolute atomic E-state index is 1.05. The molecule has 0 saturated heterocycles. The Morgan fingerprint density at radius 2 is 0.889 bits per heavy atom. The zero-order valence-corrected chi connectivity index (χ0v) is 23.7. The molecule has 3 aromatic rings. The van der Waals surface area contributed by atoms with Gasteiger partial charge in [-0.1, -0.05) is 136 Å². The van der Waals surface area contributed by atoms with Gasteiger partial charge in [-0.2, -0.15) is 0 Å². The summed E-state index contributed by atoms with van der Waals surface area (Å²) < 4.78 is 0. The van der Waals surface area contributed by atoms with Gasteiger partial charge in [0.2, 0.25) is 0 Å².